The summed E-state index contributed by atoms with van der Waals surface area (Å²) in [4.78, 5) is 15.8. The summed E-state index contributed by atoms with van der Waals surface area (Å²) >= 11 is 0. The Labute approximate surface area is 128 Å². The quantitative estimate of drug-likeness (QED) is 0.883. The van der Waals surface area contributed by atoms with E-state index >= 15 is 0 Å². The van der Waals surface area contributed by atoms with Crippen molar-refractivity contribution >= 4 is 6.03 Å². The molecule has 0 saturated carbocycles. The molecule has 6 heteroatoms. The zero-order valence-corrected chi connectivity index (χ0v) is 12.2. The van der Waals surface area contributed by atoms with Gasteiger partial charge in [-0.15, -0.1) is 0 Å². The minimum absolute atomic E-state index is 0.280. The molecule has 0 fully saturated rings. The van der Waals surface area contributed by atoms with Crippen LogP contribution in [0.3, 0.4) is 0 Å². The van der Waals surface area contributed by atoms with Crippen LogP contribution in [0.1, 0.15) is 16.7 Å². The number of nitrogens with one attached hydrogen (secondary N) is 2. The Morgan fingerprint density at radius 3 is 2.64 bits per heavy atom. The number of rotatable bonds is 5. The van der Waals surface area contributed by atoms with Crippen LogP contribution >= 0.6 is 0 Å². The maximum Gasteiger partial charge on any atom is 0.315 e. The van der Waals surface area contributed by atoms with E-state index in [0.29, 0.717) is 24.5 Å². The first-order valence-electron chi connectivity index (χ1n) is 6.71. The summed E-state index contributed by atoms with van der Waals surface area (Å²) in [6, 6.07) is 12.5. The lowest BCUT2D eigenvalue weighted by Gasteiger charge is -2.08. The van der Waals surface area contributed by atoms with Gasteiger partial charge in [0.05, 0.1) is 18.7 Å². The van der Waals surface area contributed by atoms with Crippen molar-refractivity contribution < 1.29 is 9.53 Å². The van der Waals surface area contributed by atoms with E-state index in [0.717, 1.165) is 11.1 Å². The Kier molecular flexibility index (Phi) is 5.32. The number of amides is 2. The van der Waals surface area contributed by atoms with Gasteiger partial charge in [-0.25, -0.2) is 9.78 Å². The Morgan fingerprint density at radius 1 is 1.23 bits per heavy atom. The fraction of sp³-hybridized carbons (Fsp3) is 0.188. The largest absolute Gasteiger partial charge is 0.481 e. The molecule has 0 spiro atoms. The number of aromatic nitrogens is 1. The number of benzene rings is 1. The lowest BCUT2D eigenvalue weighted by Crippen LogP contribution is -2.34. The van der Waals surface area contributed by atoms with E-state index < -0.39 is 0 Å². The molecule has 0 saturated heterocycles. The third-order valence-electron chi connectivity index (χ3n) is 2.97. The second kappa shape index (κ2) is 7.64. The molecule has 0 aliphatic carbocycles. The number of ether oxygens (including phenoxy) is 1. The van der Waals surface area contributed by atoms with Crippen LogP contribution in [0.25, 0.3) is 0 Å². The van der Waals surface area contributed by atoms with Crippen molar-refractivity contribution in [3.63, 3.8) is 0 Å². The fourth-order valence-corrected chi connectivity index (χ4v) is 1.85. The molecule has 2 aromatic rings. The Hall–Kier alpha value is -3.07. The maximum absolute atomic E-state index is 11.8. The lowest BCUT2D eigenvalue weighted by atomic mass is 10.1. The number of pyridine rings is 1. The van der Waals surface area contributed by atoms with Gasteiger partial charge in [0.2, 0.25) is 5.88 Å². The number of carbonyl (C=O) groups is 1. The highest BCUT2D eigenvalue weighted by Crippen LogP contribution is 2.08. The van der Waals surface area contributed by atoms with Gasteiger partial charge in [-0.3, -0.25) is 0 Å². The first kappa shape index (κ1) is 15.3. The molecule has 1 aromatic heterocycles. The van der Waals surface area contributed by atoms with E-state index in [1.54, 1.807) is 43.6 Å². The minimum Gasteiger partial charge on any atom is -0.481 e. The molecule has 0 aliphatic rings. The van der Waals surface area contributed by atoms with Gasteiger partial charge in [0.15, 0.2) is 0 Å². The number of hydrogen-bond donors (Lipinski definition) is 2. The second-order valence-corrected chi connectivity index (χ2v) is 4.55. The van der Waals surface area contributed by atoms with Gasteiger partial charge in [-0.1, -0.05) is 12.1 Å². The smallest absolute Gasteiger partial charge is 0.315 e. The molecule has 1 aromatic carbocycles. The molecule has 0 radical (unpaired) electrons. The van der Waals surface area contributed by atoms with Gasteiger partial charge in [0.25, 0.3) is 0 Å². The second-order valence-electron chi connectivity index (χ2n) is 4.55. The summed E-state index contributed by atoms with van der Waals surface area (Å²) in [5.41, 5.74) is 2.34. The van der Waals surface area contributed by atoms with E-state index in [1.807, 2.05) is 6.07 Å². The average molecular weight is 296 g/mol. The topological polar surface area (TPSA) is 87.0 Å². The van der Waals surface area contributed by atoms with Crippen LogP contribution in [0.15, 0.2) is 42.6 Å². The minimum atomic E-state index is -0.280. The summed E-state index contributed by atoms with van der Waals surface area (Å²) in [6.45, 7) is 0.740. The van der Waals surface area contributed by atoms with E-state index in [4.69, 9.17) is 10.00 Å². The number of nitriles is 1. The van der Waals surface area contributed by atoms with Gasteiger partial charge in [0.1, 0.15) is 0 Å². The van der Waals surface area contributed by atoms with Crippen molar-refractivity contribution in [3.05, 3.63) is 59.3 Å². The van der Waals surface area contributed by atoms with Gasteiger partial charge >= 0.3 is 6.03 Å². The Morgan fingerprint density at radius 2 is 1.95 bits per heavy atom. The van der Waals surface area contributed by atoms with Gasteiger partial charge < -0.3 is 15.4 Å². The normalized spacial score (nSPS) is 9.64. The standard InChI is InChI=1S/C16H16N4O2/c1-22-15-8-14(5-6-18-15)11-20-16(21)19-10-13-4-2-3-12(7-13)9-17/h2-8H,10-11H2,1H3,(H2,19,20,21). The highest BCUT2D eigenvalue weighted by molar-refractivity contribution is 5.73. The average Bonchev–Trinajstić information content (AvgIpc) is 2.58. The third-order valence-corrected chi connectivity index (χ3v) is 2.97. The molecule has 6 nitrogen and oxygen atoms in total. The van der Waals surface area contributed by atoms with Crippen LogP contribution in [-0.2, 0) is 13.1 Å². The van der Waals surface area contributed by atoms with Crippen LogP contribution < -0.4 is 15.4 Å². The number of carbonyl (C=O) groups excluding carboxylic acids is 1. The molecule has 112 valence electrons. The molecule has 0 unspecified atom stereocenters. The Balaban J connectivity index is 1.81. The molecule has 1 heterocycles. The predicted molar refractivity (Wildman–Crippen MR) is 81.0 cm³/mol. The number of methoxy groups -OCH3 is 1. The Bertz CT molecular complexity index is 695. The van der Waals surface area contributed by atoms with E-state index in [9.17, 15) is 4.79 Å². The van der Waals surface area contributed by atoms with Crippen LogP contribution in [0, 0.1) is 11.3 Å². The molecule has 0 aliphatic heterocycles. The van der Waals surface area contributed by atoms with Crippen molar-refractivity contribution in [1.82, 2.24) is 15.6 Å². The molecule has 2 N–H and O–H groups in total. The highest BCUT2D eigenvalue weighted by Gasteiger charge is 2.02. The molecular weight excluding hydrogens is 280 g/mol. The summed E-state index contributed by atoms with van der Waals surface area (Å²) < 4.78 is 5.02. The van der Waals surface area contributed by atoms with Gasteiger partial charge in [-0.05, 0) is 29.3 Å². The molecule has 2 rings (SSSR count). The molecule has 0 atom stereocenters. The monoisotopic (exact) mass is 296 g/mol. The number of urea groups is 1. The molecule has 0 bridgehead atoms. The van der Waals surface area contributed by atoms with E-state index in [2.05, 4.69) is 21.7 Å². The summed E-state index contributed by atoms with van der Waals surface area (Å²) in [5.74, 6) is 0.507. The lowest BCUT2D eigenvalue weighted by molar-refractivity contribution is 0.240. The summed E-state index contributed by atoms with van der Waals surface area (Å²) in [5, 5.41) is 14.3. The predicted octanol–water partition coefficient (Wildman–Crippen LogP) is 1.96. The third kappa shape index (κ3) is 4.49. The fourth-order valence-electron chi connectivity index (χ4n) is 1.85. The number of nitrogens with zero attached hydrogens (tertiary/aromatic N) is 2. The van der Waals surface area contributed by atoms with Crippen molar-refractivity contribution in [3.8, 4) is 11.9 Å². The summed E-state index contributed by atoms with van der Waals surface area (Å²) in [7, 11) is 1.54. The SMILES string of the molecule is COc1cc(CNC(=O)NCc2cccc(C#N)c2)ccn1. The van der Waals surface area contributed by atoms with Crippen LogP contribution in [0.2, 0.25) is 0 Å². The highest BCUT2D eigenvalue weighted by atomic mass is 16.5. The van der Waals surface area contributed by atoms with Gasteiger partial charge in [-0.2, -0.15) is 5.26 Å². The zero-order valence-electron chi connectivity index (χ0n) is 12.2. The summed E-state index contributed by atoms with van der Waals surface area (Å²) in [6.07, 6.45) is 1.63. The van der Waals surface area contributed by atoms with E-state index in [1.165, 1.54) is 0 Å². The molecular formula is C16H16N4O2. The van der Waals surface area contributed by atoms with Crippen molar-refractivity contribution in [1.29, 1.82) is 5.26 Å². The molecule has 2 amide bonds. The maximum atomic E-state index is 11.8. The van der Waals surface area contributed by atoms with Crippen LogP contribution in [0.5, 0.6) is 5.88 Å². The van der Waals surface area contributed by atoms with Crippen LogP contribution in [0.4, 0.5) is 4.79 Å². The van der Waals surface area contributed by atoms with Crippen molar-refractivity contribution in [2.45, 2.75) is 13.1 Å². The first-order chi connectivity index (χ1) is 10.7. The zero-order chi connectivity index (χ0) is 15.8. The van der Waals surface area contributed by atoms with E-state index in [-0.39, 0.29) is 6.03 Å². The van der Waals surface area contributed by atoms with Crippen molar-refractivity contribution in [2.75, 3.05) is 7.11 Å². The van der Waals surface area contributed by atoms with Gasteiger partial charge in [0, 0.05) is 25.4 Å². The number of hydrogen-bond acceptors (Lipinski definition) is 4. The first-order valence-corrected chi connectivity index (χ1v) is 6.71. The van der Waals surface area contributed by atoms with Crippen LogP contribution in [-0.4, -0.2) is 18.1 Å². The van der Waals surface area contributed by atoms with Crippen molar-refractivity contribution in [2.24, 2.45) is 0 Å². The molecule has 22 heavy (non-hydrogen) atoms.